The van der Waals surface area contributed by atoms with Crippen molar-refractivity contribution < 1.29 is 42.7 Å². The molecule has 0 aliphatic carbocycles. The van der Waals surface area contributed by atoms with Gasteiger partial charge in [0.15, 0.2) is 23.0 Å². The van der Waals surface area contributed by atoms with E-state index in [1.807, 2.05) is 31.2 Å². The quantitative estimate of drug-likeness (QED) is 0.623. The second-order valence-electron chi connectivity index (χ2n) is 7.69. The predicted molar refractivity (Wildman–Crippen MR) is 118 cm³/mol. The summed E-state index contributed by atoms with van der Waals surface area (Å²) in [5.74, 6) is 2.19. The molecule has 3 rings (SSSR count). The zero-order valence-electron chi connectivity index (χ0n) is 19.3. The van der Waals surface area contributed by atoms with Crippen molar-refractivity contribution in [3.05, 3.63) is 35.8 Å². The van der Waals surface area contributed by atoms with Crippen molar-refractivity contribution in [2.45, 2.75) is 25.4 Å². The fourth-order valence-corrected chi connectivity index (χ4v) is 3.42. The molecule has 0 saturated heterocycles. The molecule has 1 aromatic rings. The Morgan fingerprint density at radius 3 is 1.85 bits per heavy atom. The molecule has 1 atom stereocenters. The minimum atomic E-state index is -0.901. The third-order valence-electron chi connectivity index (χ3n) is 5.14. The molecule has 2 aliphatic heterocycles. The molecule has 0 aromatic heterocycles. The van der Waals surface area contributed by atoms with Crippen LogP contribution in [0.2, 0.25) is 0 Å². The summed E-state index contributed by atoms with van der Waals surface area (Å²) in [6.07, 6.45) is 1.60. The van der Waals surface area contributed by atoms with Gasteiger partial charge in [0.05, 0.1) is 66.1 Å². The third-order valence-corrected chi connectivity index (χ3v) is 5.14. The van der Waals surface area contributed by atoms with E-state index in [4.69, 9.17) is 37.9 Å². The van der Waals surface area contributed by atoms with Crippen LogP contribution >= 0.6 is 0 Å². The van der Waals surface area contributed by atoms with Gasteiger partial charge < -0.3 is 42.7 Å². The molecular weight excluding hydrogens is 432 g/mol. The van der Waals surface area contributed by atoms with Crippen LogP contribution in [0.5, 0.6) is 11.5 Å². The van der Waals surface area contributed by atoms with Gasteiger partial charge in [0, 0.05) is 6.42 Å². The van der Waals surface area contributed by atoms with Crippen molar-refractivity contribution in [2.75, 3.05) is 72.7 Å². The number of aldehydes is 1. The van der Waals surface area contributed by atoms with Crippen LogP contribution in [0.3, 0.4) is 0 Å². The van der Waals surface area contributed by atoms with Crippen LogP contribution < -0.4 is 9.47 Å². The van der Waals surface area contributed by atoms with Crippen molar-refractivity contribution in [3.8, 4) is 11.5 Å². The van der Waals surface area contributed by atoms with Crippen molar-refractivity contribution >= 4 is 6.29 Å². The second kappa shape index (κ2) is 14.3. The highest BCUT2D eigenvalue weighted by Crippen LogP contribution is 2.40. The molecule has 1 unspecified atom stereocenters. The predicted octanol–water partition coefficient (Wildman–Crippen LogP) is 2.52. The molecule has 1 aromatic carbocycles. The Bertz CT molecular complexity index is 751. The molecule has 0 saturated carbocycles. The van der Waals surface area contributed by atoms with Gasteiger partial charge in [-0.15, -0.1) is 0 Å². The zero-order chi connectivity index (χ0) is 23.2. The highest BCUT2D eigenvalue weighted by molar-refractivity contribution is 5.50. The molecular formula is C24H34O9. The van der Waals surface area contributed by atoms with E-state index in [0.29, 0.717) is 102 Å². The third kappa shape index (κ3) is 8.37. The van der Waals surface area contributed by atoms with Crippen molar-refractivity contribution in [1.82, 2.24) is 0 Å². The number of rotatable bonds is 3. The molecule has 0 N–H and O–H groups in total. The summed E-state index contributed by atoms with van der Waals surface area (Å²) >= 11 is 0. The number of hydrogen-bond acceptors (Lipinski definition) is 9. The van der Waals surface area contributed by atoms with E-state index in [2.05, 4.69) is 0 Å². The lowest BCUT2D eigenvalue weighted by Crippen LogP contribution is -2.39. The first kappa shape index (κ1) is 25.6. The van der Waals surface area contributed by atoms with Crippen LogP contribution in [-0.2, 0) is 33.2 Å². The Morgan fingerprint density at radius 1 is 0.758 bits per heavy atom. The summed E-state index contributed by atoms with van der Waals surface area (Å²) in [5, 5.41) is 0. The number of hydrogen-bond donors (Lipinski definition) is 0. The lowest BCUT2D eigenvalue weighted by molar-refractivity contribution is -0.110. The maximum Gasteiger partial charge on any atom is 0.176 e. The van der Waals surface area contributed by atoms with E-state index in [1.165, 1.54) is 0 Å². The molecule has 184 valence electrons. The summed E-state index contributed by atoms with van der Waals surface area (Å²) < 4.78 is 46.5. The number of fused-ring (bicyclic) bond motifs is 1. The molecule has 0 radical (unpaired) electrons. The maximum absolute atomic E-state index is 11.2. The average molecular weight is 467 g/mol. The fourth-order valence-electron chi connectivity index (χ4n) is 3.42. The van der Waals surface area contributed by atoms with Gasteiger partial charge in [-0.1, -0.05) is 12.1 Å². The smallest absolute Gasteiger partial charge is 0.176 e. The van der Waals surface area contributed by atoms with E-state index < -0.39 is 5.60 Å². The normalized spacial score (nSPS) is 24.5. The van der Waals surface area contributed by atoms with Crippen LogP contribution in [0, 0.1) is 0 Å². The number of benzene rings is 1. The molecule has 0 bridgehead atoms. The zero-order valence-corrected chi connectivity index (χ0v) is 19.3. The fraction of sp³-hybridized carbons (Fsp3) is 0.625. The van der Waals surface area contributed by atoms with E-state index >= 15 is 0 Å². The van der Waals surface area contributed by atoms with Crippen LogP contribution in [0.15, 0.2) is 35.8 Å². The minimum absolute atomic E-state index is 0.178. The number of carbonyl (C=O) groups excluding carboxylic acids is 1. The molecule has 2 heterocycles. The van der Waals surface area contributed by atoms with Gasteiger partial charge in [-0.05, 0) is 25.5 Å². The first-order valence-electron chi connectivity index (χ1n) is 11.4. The summed E-state index contributed by atoms with van der Waals surface area (Å²) in [5.41, 5.74) is -0.901. The largest absolute Gasteiger partial charge is 0.452 e. The van der Waals surface area contributed by atoms with Crippen molar-refractivity contribution in [2.24, 2.45) is 0 Å². The lowest BCUT2D eigenvalue weighted by Gasteiger charge is -2.35. The van der Waals surface area contributed by atoms with Gasteiger partial charge in [0.25, 0.3) is 0 Å². The first-order valence-corrected chi connectivity index (χ1v) is 11.4. The second-order valence-corrected chi connectivity index (χ2v) is 7.69. The van der Waals surface area contributed by atoms with E-state index in [-0.39, 0.29) is 6.61 Å². The van der Waals surface area contributed by atoms with Crippen LogP contribution in [0.25, 0.3) is 0 Å². The standard InChI is InChI=1S/C24H34O9/c1-24(7-4-8-25)23-22(32-20-5-2-3-6-21(20)33-23)19-30-16-15-28-12-11-26-9-10-27-13-14-29-17-18-31-24/h2-3,5-6,8H,4,7,9-19H2,1H3. The highest BCUT2D eigenvalue weighted by Gasteiger charge is 2.38. The Labute approximate surface area is 194 Å². The number of para-hydroxylation sites is 2. The van der Waals surface area contributed by atoms with Crippen LogP contribution in [0.1, 0.15) is 19.8 Å². The lowest BCUT2D eigenvalue weighted by atomic mass is 9.95. The molecule has 0 spiro atoms. The summed E-state index contributed by atoms with van der Waals surface area (Å²) in [4.78, 5) is 11.2. The van der Waals surface area contributed by atoms with E-state index in [9.17, 15) is 4.79 Å². The van der Waals surface area contributed by atoms with Crippen LogP contribution in [-0.4, -0.2) is 84.6 Å². The average Bonchev–Trinajstić information content (AvgIpc) is 2.83. The molecule has 0 amide bonds. The summed E-state index contributed by atoms with van der Waals surface area (Å²) in [6.45, 7) is 6.48. The Hall–Kier alpha value is -2.01. The Kier molecular flexibility index (Phi) is 11.1. The van der Waals surface area contributed by atoms with Gasteiger partial charge in [-0.3, -0.25) is 0 Å². The van der Waals surface area contributed by atoms with Gasteiger partial charge in [0.1, 0.15) is 18.5 Å². The molecule has 33 heavy (non-hydrogen) atoms. The minimum Gasteiger partial charge on any atom is -0.452 e. The van der Waals surface area contributed by atoms with Gasteiger partial charge in [-0.25, -0.2) is 0 Å². The molecule has 9 nitrogen and oxygen atoms in total. The SMILES string of the molecule is CC1(CCC=O)OCCOCCOCCOCCOCCOCC2=C1Oc1ccccc1O2. The summed E-state index contributed by atoms with van der Waals surface area (Å²) in [6, 6.07) is 7.41. The monoisotopic (exact) mass is 466 g/mol. The molecule has 0 fully saturated rings. The van der Waals surface area contributed by atoms with Crippen molar-refractivity contribution in [1.29, 1.82) is 0 Å². The first-order chi connectivity index (χ1) is 16.2. The maximum atomic E-state index is 11.2. The van der Waals surface area contributed by atoms with E-state index in [0.717, 1.165) is 6.29 Å². The van der Waals surface area contributed by atoms with Gasteiger partial charge in [0.2, 0.25) is 0 Å². The number of carbonyl (C=O) groups is 1. The molecule has 2 aliphatic rings. The van der Waals surface area contributed by atoms with Crippen LogP contribution in [0.4, 0.5) is 0 Å². The summed E-state index contributed by atoms with van der Waals surface area (Å²) in [7, 11) is 0. The molecule has 9 heteroatoms. The Morgan fingerprint density at radius 2 is 1.27 bits per heavy atom. The van der Waals surface area contributed by atoms with Crippen molar-refractivity contribution in [3.63, 3.8) is 0 Å². The number of ether oxygens (including phenoxy) is 8. The van der Waals surface area contributed by atoms with Gasteiger partial charge >= 0.3 is 0 Å². The Balaban J connectivity index is 1.74. The van der Waals surface area contributed by atoms with E-state index in [1.54, 1.807) is 0 Å². The highest BCUT2D eigenvalue weighted by atomic mass is 16.6. The topological polar surface area (TPSA) is 90.9 Å². The van der Waals surface area contributed by atoms with Gasteiger partial charge in [-0.2, -0.15) is 0 Å².